The van der Waals surface area contributed by atoms with E-state index < -0.39 is 35.5 Å². The number of aromatic nitrogens is 1. The highest BCUT2D eigenvalue weighted by atomic mass is 19.4. The highest BCUT2D eigenvalue weighted by Crippen LogP contribution is 2.32. The van der Waals surface area contributed by atoms with E-state index in [1.165, 1.54) is 6.92 Å². The third-order valence-corrected chi connectivity index (χ3v) is 1.90. The summed E-state index contributed by atoms with van der Waals surface area (Å²) in [5.74, 6) is -1.25. The fourth-order valence-electron chi connectivity index (χ4n) is 1.19. The Kier molecular flexibility index (Phi) is 4.20. The van der Waals surface area contributed by atoms with Gasteiger partial charge in [-0.3, -0.25) is 0 Å². The van der Waals surface area contributed by atoms with Crippen LogP contribution in [0.25, 0.3) is 0 Å². The molecule has 0 amide bonds. The summed E-state index contributed by atoms with van der Waals surface area (Å²) in [5.41, 5.74) is -3.59. The molecule has 0 N–H and O–H groups in total. The highest BCUT2D eigenvalue weighted by molar-refractivity contribution is 5.90. The van der Waals surface area contributed by atoms with E-state index in [-0.39, 0.29) is 6.61 Å². The SMILES string of the molecule is CCOC(=O)c1ccc(C(F)F)nc1C(F)(F)F. The average molecular weight is 269 g/mol. The summed E-state index contributed by atoms with van der Waals surface area (Å²) in [6.07, 6.45) is -8.16. The standard InChI is InChI=1S/C10H8F5NO2/c1-2-18-9(17)5-3-4-6(8(11)12)16-7(5)10(13,14)15/h3-4,8H,2H2,1H3. The van der Waals surface area contributed by atoms with Crippen molar-refractivity contribution in [3.8, 4) is 0 Å². The van der Waals surface area contributed by atoms with Gasteiger partial charge in [0.05, 0.1) is 12.2 Å². The summed E-state index contributed by atoms with van der Waals surface area (Å²) in [7, 11) is 0. The Morgan fingerprint density at radius 3 is 2.44 bits per heavy atom. The van der Waals surface area contributed by atoms with Gasteiger partial charge >= 0.3 is 12.1 Å². The van der Waals surface area contributed by atoms with Gasteiger partial charge in [-0.25, -0.2) is 18.6 Å². The largest absolute Gasteiger partial charge is 0.462 e. The van der Waals surface area contributed by atoms with E-state index in [1.54, 1.807) is 0 Å². The lowest BCUT2D eigenvalue weighted by molar-refractivity contribution is -0.142. The molecule has 0 radical (unpaired) electrons. The second-order valence-corrected chi connectivity index (χ2v) is 3.15. The second kappa shape index (κ2) is 5.28. The van der Waals surface area contributed by atoms with Gasteiger partial charge in [-0.2, -0.15) is 13.2 Å². The number of rotatable bonds is 3. The fraction of sp³-hybridized carbons (Fsp3) is 0.400. The Balaban J connectivity index is 3.30. The number of nitrogens with zero attached hydrogens (tertiary/aromatic N) is 1. The van der Waals surface area contributed by atoms with Gasteiger partial charge in [0.15, 0.2) is 5.69 Å². The van der Waals surface area contributed by atoms with Crippen LogP contribution in [0.1, 0.15) is 35.1 Å². The summed E-state index contributed by atoms with van der Waals surface area (Å²) in [4.78, 5) is 14.0. The van der Waals surface area contributed by atoms with Crippen LogP contribution in [0.3, 0.4) is 0 Å². The first kappa shape index (κ1) is 14.3. The van der Waals surface area contributed by atoms with Crippen LogP contribution in [-0.4, -0.2) is 17.6 Å². The van der Waals surface area contributed by atoms with Gasteiger partial charge in [0, 0.05) is 0 Å². The van der Waals surface area contributed by atoms with Crippen LogP contribution >= 0.6 is 0 Å². The molecule has 3 nitrogen and oxygen atoms in total. The van der Waals surface area contributed by atoms with Gasteiger partial charge in [-0.1, -0.05) is 0 Å². The molecule has 1 rings (SSSR count). The van der Waals surface area contributed by atoms with E-state index >= 15 is 0 Å². The lowest BCUT2D eigenvalue weighted by Gasteiger charge is -2.12. The topological polar surface area (TPSA) is 39.2 Å². The number of hydrogen-bond acceptors (Lipinski definition) is 3. The van der Waals surface area contributed by atoms with Crippen LogP contribution in [0.15, 0.2) is 12.1 Å². The number of carbonyl (C=O) groups excluding carboxylic acids is 1. The van der Waals surface area contributed by atoms with Crippen molar-refractivity contribution in [2.75, 3.05) is 6.61 Å². The van der Waals surface area contributed by atoms with Gasteiger partial charge in [-0.15, -0.1) is 0 Å². The molecule has 0 saturated heterocycles. The monoisotopic (exact) mass is 269 g/mol. The molecule has 100 valence electrons. The molecule has 1 aromatic heterocycles. The summed E-state index contributed by atoms with van der Waals surface area (Å²) >= 11 is 0. The fourth-order valence-corrected chi connectivity index (χ4v) is 1.19. The van der Waals surface area contributed by atoms with Gasteiger partial charge in [0.25, 0.3) is 6.43 Å². The first-order chi connectivity index (χ1) is 8.27. The Morgan fingerprint density at radius 2 is 2.00 bits per heavy atom. The number of esters is 1. The quantitative estimate of drug-likeness (QED) is 0.624. The zero-order valence-electron chi connectivity index (χ0n) is 9.09. The number of pyridine rings is 1. The Hall–Kier alpha value is -1.73. The predicted molar refractivity (Wildman–Crippen MR) is 50.2 cm³/mol. The normalized spacial score (nSPS) is 11.7. The zero-order chi connectivity index (χ0) is 13.9. The van der Waals surface area contributed by atoms with Crippen LogP contribution in [0.5, 0.6) is 0 Å². The highest BCUT2D eigenvalue weighted by Gasteiger charge is 2.38. The molecule has 18 heavy (non-hydrogen) atoms. The molecule has 0 unspecified atom stereocenters. The van der Waals surface area contributed by atoms with Crippen LogP contribution in [0.4, 0.5) is 22.0 Å². The van der Waals surface area contributed by atoms with Crippen LogP contribution in [0, 0.1) is 0 Å². The number of hydrogen-bond donors (Lipinski definition) is 0. The minimum absolute atomic E-state index is 0.132. The maximum absolute atomic E-state index is 12.6. The molecular weight excluding hydrogens is 261 g/mol. The van der Waals surface area contributed by atoms with Crippen molar-refractivity contribution in [1.82, 2.24) is 4.98 Å². The van der Waals surface area contributed by atoms with Crippen molar-refractivity contribution in [1.29, 1.82) is 0 Å². The zero-order valence-corrected chi connectivity index (χ0v) is 9.09. The summed E-state index contributed by atoms with van der Waals surface area (Å²) in [5, 5.41) is 0. The minimum atomic E-state index is -5.01. The molecule has 0 saturated carbocycles. The van der Waals surface area contributed by atoms with Crippen LogP contribution in [-0.2, 0) is 10.9 Å². The molecule has 0 aliphatic rings. The number of halogens is 5. The molecule has 0 fully saturated rings. The van der Waals surface area contributed by atoms with Crippen molar-refractivity contribution in [3.05, 3.63) is 29.1 Å². The Labute approximate surface area is 98.6 Å². The van der Waals surface area contributed by atoms with E-state index in [4.69, 9.17) is 0 Å². The van der Waals surface area contributed by atoms with Crippen LogP contribution in [0.2, 0.25) is 0 Å². The maximum atomic E-state index is 12.6. The van der Waals surface area contributed by atoms with Crippen molar-refractivity contribution in [3.63, 3.8) is 0 Å². The summed E-state index contributed by atoms with van der Waals surface area (Å²) in [6, 6.07) is 1.29. The van der Waals surface area contributed by atoms with Crippen molar-refractivity contribution < 1.29 is 31.5 Å². The van der Waals surface area contributed by atoms with Crippen molar-refractivity contribution in [2.24, 2.45) is 0 Å². The van der Waals surface area contributed by atoms with Gasteiger partial charge in [-0.05, 0) is 19.1 Å². The first-order valence-corrected chi connectivity index (χ1v) is 4.80. The first-order valence-electron chi connectivity index (χ1n) is 4.80. The molecule has 1 heterocycles. The predicted octanol–water partition coefficient (Wildman–Crippen LogP) is 3.21. The Morgan fingerprint density at radius 1 is 1.39 bits per heavy atom. The van der Waals surface area contributed by atoms with Gasteiger partial charge in [0.2, 0.25) is 0 Å². The molecule has 0 bridgehead atoms. The molecule has 1 aromatic rings. The number of carbonyl (C=O) groups is 1. The van der Waals surface area contributed by atoms with E-state index in [0.717, 1.165) is 0 Å². The number of ether oxygens (including phenoxy) is 1. The summed E-state index contributed by atoms with van der Waals surface area (Å²) < 4.78 is 66.7. The molecule has 0 aliphatic heterocycles. The second-order valence-electron chi connectivity index (χ2n) is 3.15. The van der Waals surface area contributed by atoms with Crippen molar-refractivity contribution >= 4 is 5.97 Å². The van der Waals surface area contributed by atoms with Crippen molar-refractivity contribution in [2.45, 2.75) is 19.5 Å². The van der Waals surface area contributed by atoms with Crippen LogP contribution < -0.4 is 0 Å². The van der Waals surface area contributed by atoms with E-state index in [1.807, 2.05) is 0 Å². The lowest BCUT2D eigenvalue weighted by atomic mass is 10.1. The van der Waals surface area contributed by atoms with E-state index in [0.29, 0.717) is 12.1 Å². The van der Waals surface area contributed by atoms with E-state index in [9.17, 15) is 26.7 Å². The minimum Gasteiger partial charge on any atom is -0.462 e. The lowest BCUT2D eigenvalue weighted by Crippen LogP contribution is -2.18. The maximum Gasteiger partial charge on any atom is 0.434 e. The number of alkyl halides is 5. The molecule has 0 spiro atoms. The molecular formula is C10H8F5NO2. The van der Waals surface area contributed by atoms with Gasteiger partial charge < -0.3 is 4.74 Å². The smallest absolute Gasteiger partial charge is 0.434 e. The Bertz CT molecular complexity index is 444. The van der Waals surface area contributed by atoms with E-state index in [2.05, 4.69) is 9.72 Å². The molecule has 8 heteroatoms. The van der Waals surface area contributed by atoms with Gasteiger partial charge in [0.1, 0.15) is 5.69 Å². The third kappa shape index (κ3) is 3.14. The summed E-state index contributed by atoms with van der Waals surface area (Å²) in [6.45, 7) is 1.28. The molecule has 0 aromatic carbocycles. The average Bonchev–Trinajstić information content (AvgIpc) is 2.27. The molecule has 0 aliphatic carbocycles. The molecule has 0 atom stereocenters. The third-order valence-electron chi connectivity index (χ3n) is 1.90.